The lowest BCUT2D eigenvalue weighted by Crippen LogP contribution is -2.35. The molecular weight excluding hydrogens is 473 g/mol. The first-order valence-electron chi connectivity index (χ1n) is 11.8. The Morgan fingerprint density at radius 1 is 1.16 bits per heavy atom. The zero-order valence-corrected chi connectivity index (χ0v) is 20.4. The third-order valence-electron chi connectivity index (χ3n) is 6.70. The Kier molecular flexibility index (Phi) is 5.92. The molecule has 8 heteroatoms. The SMILES string of the molecule is COc1cc(C)c(-c2ccc3oc(Cc4ccc(F)cc4)c(C(N)=O)c3c2)cc1C(=O)NC1(C#N)CC1. The summed E-state index contributed by atoms with van der Waals surface area (Å²) < 4.78 is 24.8. The van der Waals surface area contributed by atoms with Crippen molar-refractivity contribution < 1.29 is 23.1 Å². The van der Waals surface area contributed by atoms with Gasteiger partial charge < -0.3 is 20.2 Å². The molecule has 0 unspecified atom stereocenters. The summed E-state index contributed by atoms with van der Waals surface area (Å²) in [6.45, 7) is 1.89. The van der Waals surface area contributed by atoms with Crippen LogP contribution >= 0.6 is 0 Å². The predicted octanol–water partition coefficient (Wildman–Crippen LogP) is 5.03. The van der Waals surface area contributed by atoms with Gasteiger partial charge in [0.15, 0.2) is 0 Å². The number of primary amides is 1. The smallest absolute Gasteiger partial charge is 0.256 e. The minimum atomic E-state index is -0.819. The number of halogens is 1. The molecule has 2 amide bonds. The lowest BCUT2D eigenvalue weighted by Gasteiger charge is -2.16. The van der Waals surface area contributed by atoms with Crippen LogP contribution in [0.1, 0.15) is 50.4 Å². The number of carbonyl (C=O) groups is 2. The summed E-state index contributed by atoms with van der Waals surface area (Å²) >= 11 is 0. The maximum Gasteiger partial charge on any atom is 0.256 e. The van der Waals surface area contributed by atoms with Crippen molar-refractivity contribution >= 4 is 22.8 Å². The van der Waals surface area contributed by atoms with Gasteiger partial charge >= 0.3 is 0 Å². The van der Waals surface area contributed by atoms with Crippen molar-refractivity contribution in [2.75, 3.05) is 7.11 Å². The predicted molar refractivity (Wildman–Crippen MR) is 136 cm³/mol. The lowest BCUT2D eigenvalue weighted by atomic mass is 9.95. The van der Waals surface area contributed by atoms with E-state index in [-0.39, 0.29) is 23.7 Å². The molecule has 3 N–H and O–H groups in total. The second-order valence-corrected chi connectivity index (χ2v) is 9.29. The molecule has 0 radical (unpaired) electrons. The molecule has 3 aromatic carbocycles. The number of rotatable bonds is 7. The number of aryl methyl sites for hydroxylation is 1. The van der Waals surface area contributed by atoms with E-state index >= 15 is 0 Å². The number of nitrogens with one attached hydrogen (secondary N) is 1. The summed E-state index contributed by atoms with van der Waals surface area (Å²) in [5.74, 6) is -0.581. The molecule has 1 saturated carbocycles. The van der Waals surface area contributed by atoms with Gasteiger partial charge in [-0.1, -0.05) is 18.2 Å². The normalized spacial score (nSPS) is 13.7. The third kappa shape index (κ3) is 4.52. The molecule has 1 fully saturated rings. The molecule has 37 heavy (non-hydrogen) atoms. The van der Waals surface area contributed by atoms with Crippen molar-refractivity contribution in [3.8, 4) is 22.9 Å². The largest absolute Gasteiger partial charge is 0.496 e. The number of nitrogens with zero attached hydrogens (tertiary/aromatic N) is 1. The van der Waals surface area contributed by atoms with Gasteiger partial charge in [-0.3, -0.25) is 9.59 Å². The van der Waals surface area contributed by atoms with Gasteiger partial charge in [0.1, 0.15) is 28.4 Å². The number of methoxy groups -OCH3 is 1. The van der Waals surface area contributed by atoms with Crippen LogP contribution in [0.5, 0.6) is 5.75 Å². The fraction of sp³-hybridized carbons (Fsp3) is 0.207. The van der Waals surface area contributed by atoms with E-state index in [1.165, 1.54) is 19.2 Å². The van der Waals surface area contributed by atoms with Gasteiger partial charge in [-0.25, -0.2) is 4.39 Å². The quantitative estimate of drug-likeness (QED) is 0.371. The molecule has 4 aromatic rings. The summed E-state index contributed by atoms with van der Waals surface area (Å²) in [4.78, 5) is 25.5. The van der Waals surface area contributed by atoms with Crippen LogP contribution in [-0.2, 0) is 6.42 Å². The first kappa shape index (κ1) is 24.1. The van der Waals surface area contributed by atoms with E-state index < -0.39 is 11.4 Å². The molecule has 5 rings (SSSR count). The summed E-state index contributed by atoms with van der Waals surface area (Å²) in [7, 11) is 1.49. The van der Waals surface area contributed by atoms with E-state index in [4.69, 9.17) is 14.9 Å². The van der Waals surface area contributed by atoms with Crippen LogP contribution in [0, 0.1) is 24.1 Å². The van der Waals surface area contributed by atoms with E-state index in [1.807, 2.05) is 13.0 Å². The van der Waals surface area contributed by atoms with E-state index in [1.54, 1.807) is 36.4 Å². The molecular formula is C29H24FN3O4. The number of hydrogen-bond acceptors (Lipinski definition) is 5. The van der Waals surface area contributed by atoms with Crippen LogP contribution in [0.4, 0.5) is 4.39 Å². The van der Waals surface area contributed by atoms with Gasteiger partial charge in [0.25, 0.3) is 11.8 Å². The molecule has 0 aliphatic heterocycles. The molecule has 186 valence electrons. The summed E-state index contributed by atoms with van der Waals surface area (Å²) in [6.07, 6.45) is 1.50. The van der Waals surface area contributed by atoms with Crippen LogP contribution < -0.4 is 15.8 Å². The Balaban J connectivity index is 1.57. The second-order valence-electron chi connectivity index (χ2n) is 9.29. The van der Waals surface area contributed by atoms with E-state index in [2.05, 4.69) is 11.4 Å². The fourth-order valence-corrected chi connectivity index (χ4v) is 4.51. The monoisotopic (exact) mass is 497 g/mol. The Morgan fingerprint density at radius 2 is 1.89 bits per heavy atom. The molecule has 1 heterocycles. The number of benzene rings is 3. The van der Waals surface area contributed by atoms with Crippen molar-refractivity contribution in [2.24, 2.45) is 5.73 Å². The molecule has 0 atom stereocenters. The van der Waals surface area contributed by atoms with Crippen LogP contribution in [0.25, 0.3) is 22.1 Å². The number of nitrogens with two attached hydrogens (primary N) is 1. The average Bonchev–Trinajstić information content (AvgIpc) is 3.56. The Morgan fingerprint density at radius 3 is 2.51 bits per heavy atom. The molecule has 1 aliphatic rings. The maximum atomic E-state index is 13.3. The summed E-state index contributed by atoms with van der Waals surface area (Å²) in [6, 6.07) is 17.0. The molecule has 7 nitrogen and oxygen atoms in total. The molecule has 1 aliphatic carbocycles. The highest BCUT2D eigenvalue weighted by molar-refractivity contribution is 6.08. The molecule has 0 saturated heterocycles. The fourth-order valence-electron chi connectivity index (χ4n) is 4.51. The second kappa shape index (κ2) is 9.10. The minimum Gasteiger partial charge on any atom is -0.496 e. The Bertz CT molecular complexity index is 1590. The van der Waals surface area contributed by atoms with Crippen LogP contribution in [0.15, 0.2) is 59.0 Å². The number of ether oxygens (including phenoxy) is 1. The van der Waals surface area contributed by atoms with Gasteiger partial charge in [0.2, 0.25) is 0 Å². The van der Waals surface area contributed by atoms with Gasteiger partial charge in [0, 0.05) is 11.8 Å². The van der Waals surface area contributed by atoms with Gasteiger partial charge in [-0.15, -0.1) is 0 Å². The van der Waals surface area contributed by atoms with Crippen LogP contribution in [0.3, 0.4) is 0 Å². The van der Waals surface area contributed by atoms with Crippen molar-refractivity contribution in [1.29, 1.82) is 5.26 Å². The first-order valence-corrected chi connectivity index (χ1v) is 11.8. The van der Waals surface area contributed by atoms with E-state index in [9.17, 15) is 19.2 Å². The highest BCUT2D eigenvalue weighted by Crippen LogP contribution is 2.37. The molecule has 0 spiro atoms. The molecule has 1 aromatic heterocycles. The van der Waals surface area contributed by atoms with Crippen LogP contribution in [0.2, 0.25) is 0 Å². The highest BCUT2D eigenvalue weighted by atomic mass is 19.1. The van der Waals surface area contributed by atoms with E-state index in [0.29, 0.717) is 40.9 Å². The number of hydrogen-bond donors (Lipinski definition) is 2. The standard InChI is InChI=1S/C29H24FN3O4/c1-16-11-24(36-2)22(28(35)33-29(15-31)9-10-29)14-20(16)18-5-8-23-21(13-18)26(27(32)34)25(37-23)12-17-3-6-19(30)7-4-17/h3-8,11,13-14H,9-10,12H2,1-2H3,(H2,32,34)(H,33,35). The van der Waals surface area contributed by atoms with Gasteiger partial charge in [-0.05, 0) is 78.4 Å². The van der Waals surface area contributed by atoms with Gasteiger partial charge in [0.05, 0.1) is 24.3 Å². The molecule has 0 bridgehead atoms. The highest BCUT2D eigenvalue weighted by Gasteiger charge is 2.45. The number of nitriles is 1. The lowest BCUT2D eigenvalue weighted by molar-refractivity contribution is 0.0937. The number of fused-ring (bicyclic) bond motifs is 1. The Hall–Kier alpha value is -4.64. The third-order valence-corrected chi connectivity index (χ3v) is 6.70. The van der Waals surface area contributed by atoms with Gasteiger partial charge in [-0.2, -0.15) is 5.26 Å². The minimum absolute atomic E-state index is 0.259. The van der Waals surface area contributed by atoms with Crippen molar-refractivity contribution in [1.82, 2.24) is 5.32 Å². The number of carbonyl (C=O) groups excluding carboxylic acids is 2. The van der Waals surface area contributed by atoms with Crippen molar-refractivity contribution in [3.63, 3.8) is 0 Å². The Labute approximate surface area is 212 Å². The number of amides is 2. The number of furan rings is 1. The zero-order valence-electron chi connectivity index (χ0n) is 20.4. The summed E-state index contributed by atoms with van der Waals surface area (Å²) in [5, 5.41) is 12.7. The van der Waals surface area contributed by atoms with Crippen molar-refractivity contribution in [3.05, 3.63) is 88.4 Å². The van der Waals surface area contributed by atoms with Crippen LogP contribution in [-0.4, -0.2) is 24.5 Å². The first-order chi connectivity index (χ1) is 17.7. The average molecular weight is 498 g/mol. The zero-order chi connectivity index (χ0) is 26.3. The van der Waals surface area contributed by atoms with Crippen molar-refractivity contribution in [2.45, 2.75) is 31.7 Å². The van der Waals surface area contributed by atoms with E-state index in [0.717, 1.165) is 22.3 Å². The summed E-state index contributed by atoms with van der Waals surface area (Å²) in [5.41, 5.74) is 9.12. The maximum absolute atomic E-state index is 13.3. The topological polar surface area (TPSA) is 118 Å².